The van der Waals surface area contributed by atoms with E-state index in [1.807, 2.05) is 12.4 Å². The zero-order chi connectivity index (χ0) is 12.1. The van der Waals surface area contributed by atoms with Crippen LogP contribution in [0.4, 0.5) is 0 Å². The molecule has 0 aliphatic carbocycles. The van der Waals surface area contributed by atoms with Crippen molar-refractivity contribution in [1.82, 2.24) is 15.3 Å². The van der Waals surface area contributed by atoms with Crippen LogP contribution < -0.4 is 5.32 Å². The Kier molecular flexibility index (Phi) is 4.45. The summed E-state index contributed by atoms with van der Waals surface area (Å²) in [6.07, 6.45) is 6.10. The largest absolute Gasteiger partial charge is 0.381 e. The van der Waals surface area contributed by atoms with Crippen LogP contribution in [0.3, 0.4) is 0 Å². The van der Waals surface area contributed by atoms with Crippen LogP contribution in [0, 0.1) is 0 Å². The fraction of sp³-hybridized carbons (Fsp3) is 0.692. The topological polar surface area (TPSA) is 47.0 Å². The Hall–Kier alpha value is -1.00. The van der Waals surface area contributed by atoms with Crippen LogP contribution in [0.5, 0.6) is 0 Å². The second kappa shape index (κ2) is 6.07. The molecule has 1 aliphatic heterocycles. The first-order valence-electron chi connectivity index (χ1n) is 6.37. The molecule has 2 rings (SSSR count). The van der Waals surface area contributed by atoms with E-state index in [2.05, 4.69) is 29.1 Å². The van der Waals surface area contributed by atoms with E-state index in [1.54, 1.807) is 0 Å². The molecule has 4 nitrogen and oxygen atoms in total. The number of ether oxygens (including phenoxy) is 1. The third-order valence-electron chi connectivity index (χ3n) is 2.97. The number of aromatic nitrogens is 2. The quantitative estimate of drug-likeness (QED) is 0.865. The molecule has 1 aromatic heterocycles. The van der Waals surface area contributed by atoms with Gasteiger partial charge in [0.15, 0.2) is 0 Å². The van der Waals surface area contributed by atoms with E-state index in [-0.39, 0.29) is 0 Å². The van der Waals surface area contributed by atoms with Crippen LogP contribution in [0.2, 0.25) is 0 Å². The fourth-order valence-electron chi connectivity index (χ4n) is 1.93. The molecule has 0 bridgehead atoms. The molecule has 1 aliphatic rings. The van der Waals surface area contributed by atoms with Crippen LogP contribution in [0.15, 0.2) is 12.4 Å². The smallest absolute Gasteiger partial charge is 0.133 e. The second-order valence-corrected chi connectivity index (χ2v) is 4.90. The van der Waals surface area contributed by atoms with Crippen LogP contribution in [-0.2, 0) is 11.3 Å². The van der Waals surface area contributed by atoms with Gasteiger partial charge in [-0.15, -0.1) is 0 Å². The number of hydrogen-bond donors (Lipinski definition) is 1. The molecule has 17 heavy (non-hydrogen) atoms. The Morgan fingerprint density at radius 2 is 2.18 bits per heavy atom. The highest BCUT2D eigenvalue weighted by Gasteiger charge is 2.18. The molecule has 4 heteroatoms. The van der Waals surface area contributed by atoms with Gasteiger partial charge in [0.2, 0.25) is 0 Å². The van der Waals surface area contributed by atoms with Gasteiger partial charge in [0.1, 0.15) is 5.82 Å². The number of rotatable bonds is 4. The summed E-state index contributed by atoms with van der Waals surface area (Å²) in [4.78, 5) is 8.90. The van der Waals surface area contributed by atoms with E-state index < -0.39 is 0 Å². The first kappa shape index (κ1) is 12.5. The average Bonchev–Trinajstić information content (AvgIpc) is 2.38. The van der Waals surface area contributed by atoms with Crippen molar-refractivity contribution < 1.29 is 4.74 Å². The van der Waals surface area contributed by atoms with E-state index in [4.69, 9.17) is 4.74 Å². The van der Waals surface area contributed by atoms with Crippen molar-refractivity contribution in [3.8, 4) is 0 Å². The third kappa shape index (κ3) is 3.75. The molecule has 1 saturated heterocycles. The van der Waals surface area contributed by atoms with Crippen LogP contribution in [0.25, 0.3) is 0 Å². The molecule has 2 heterocycles. The number of nitrogens with zero attached hydrogens (tertiary/aromatic N) is 2. The van der Waals surface area contributed by atoms with E-state index in [0.717, 1.165) is 44.0 Å². The SMILES string of the molecule is CC(C)NCc1cnc(C2CCCOC2)nc1. The molecule has 0 amide bonds. The minimum atomic E-state index is 0.385. The zero-order valence-electron chi connectivity index (χ0n) is 10.6. The summed E-state index contributed by atoms with van der Waals surface area (Å²) in [5.74, 6) is 1.31. The van der Waals surface area contributed by atoms with Crippen molar-refractivity contribution in [2.75, 3.05) is 13.2 Å². The standard InChI is InChI=1S/C13H21N3O/c1-10(2)14-6-11-7-15-13(16-8-11)12-4-3-5-17-9-12/h7-8,10,12,14H,3-6,9H2,1-2H3. The molecule has 94 valence electrons. The molecule has 1 atom stereocenters. The molecule has 1 unspecified atom stereocenters. The minimum Gasteiger partial charge on any atom is -0.381 e. The predicted molar refractivity (Wildman–Crippen MR) is 66.8 cm³/mol. The van der Waals surface area contributed by atoms with Gasteiger partial charge in [-0.2, -0.15) is 0 Å². The first-order chi connectivity index (χ1) is 8.25. The molecular weight excluding hydrogens is 214 g/mol. The number of hydrogen-bond acceptors (Lipinski definition) is 4. The van der Waals surface area contributed by atoms with Crippen molar-refractivity contribution in [1.29, 1.82) is 0 Å². The molecule has 1 fully saturated rings. The van der Waals surface area contributed by atoms with Crippen molar-refractivity contribution in [3.63, 3.8) is 0 Å². The average molecular weight is 235 g/mol. The van der Waals surface area contributed by atoms with Gasteiger partial charge in [-0.05, 0) is 12.8 Å². The molecule has 0 radical (unpaired) electrons. The lowest BCUT2D eigenvalue weighted by Crippen LogP contribution is -2.22. The van der Waals surface area contributed by atoms with Gasteiger partial charge < -0.3 is 10.1 Å². The van der Waals surface area contributed by atoms with Crippen molar-refractivity contribution in [3.05, 3.63) is 23.8 Å². The highest BCUT2D eigenvalue weighted by Crippen LogP contribution is 2.21. The Morgan fingerprint density at radius 3 is 2.76 bits per heavy atom. The summed E-state index contributed by atoms with van der Waals surface area (Å²) in [6.45, 7) is 6.75. The Bertz CT molecular complexity index is 331. The van der Waals surface area contributed by atoms with Crippen LogP contribution in [-0.4, -0.2) is 29.2 Å². The van der Waals surface area contributed by atoms with E-state index in [0.29, 0.717) is 12.0 Å². The van der Waals surface area contributed by atoms with Gasteiger partial charge in [0, 0.05) is 43.1 Å². The van der Waals surface area contributed by atoms with E-state index >= 15 is 0 Å². The molecule has 1 N–H and O–H groups in total. The molecular formula is C13H21N3O. The van der Waals surface area contributed by atoms with Gasteiger partial charge in [-0.3, -0.25) is 0 Å². The van der Waals surface area contributed by atoms with Gasteiger partial charge >= 0.3 is 0 Å². The molecule has 0 spiro atoms. The van der Waals surface area contributed by atoms with E-state index in [9.17, 15) is 0 Å². The summed E-state index contributed by atoms with van der Waals surface area (Å²) in [7, 11) is 0. The fourth-order valence-corrected chi connectivity index (χ4v) is 1.93. The van der Waals surface area contributed by atoms with Crippen molar-refractivity contribution >= 4 is 0 Å². The monoisotopic (exact) mass is 235 g/mol. The van der Waals surface area contributed by atoms with Gasteiger partial charge in [0.05, 0.1) is 6.61 Å². The predicted octanol–water partition coefficient (Wildman–Crippen LogP) is 1.87. The second-order valence-electron chi connectivity index (χ2n) is 4.90. The van der Waals surface area contributed by atoms with E-state index in [1.165, 1.54) is 0 Å². The summed E-state index contributed by atoms with van der Waals surface area (Å²) >= 11 is 0. The maximum absolute atomic E-state index is 5.45. The summed E-state index contributed by atoms with van der Waals surface area (Å²) < 4.78 is 5.45. The van der Waals surface area contributed by atoms with Gasteiger partial charge in [0.25, 0.3) is 0 Å². The maximum atomic E-state index is 5.45. The summed E-state index contributed by atoms with van der Waals surface area (Å²) in [5, 5.41) is 3.36. The van der Waals surface area contributed by atoms with Crippen LogP contribution in [0.1, 0.15) is 44.0 Å². The number of nitrogens with one attached hydrogen (secondary N) is 1. The minimum absolute atomic E-state index is 0.385. The normalized spacial score (nSPS) is 20.8. The Labute approximate surface area is 103 Å². The van der Waals surface area contributed by atoms with Crippen molar-refractivity contribution in [2.24, 2.45) is 0 Å². The van der Waals surface area contributed by atoms with Gasteiger partial charge in [-0.1, -0.05) is 13.8 Å². The van der Waals surface area contributed by atoms with Crippen molar-refractivity contribution in [2.45, 2.75) is 45.2 Å². The molecule has 0 saturated carbocycles. The molecule has 1 aromatic rings. The lowest BCUT2D eigenvalue weighted by molar-refractivity contribution is 0.0780. The summed E-state index contributed by atoms with van der Waals surface area (Å²) in [6, 6.07) is 0.487. The maximum Gasteiger partial charge on any atom is 0.133 e. The zero-order valence-corrected chi connectivity index (χ0v) is 10.6. The Balaban J connectivity index is 1.92. The van der Waals surface area contributed by atoms with Crippen LogP contribution >= 0.6 is 0 Å². The highest BCUT2D eigenvalue weighted by atomic mass is 16.5. The third-order valence-corrected chi connectivity index (χ3v) is 2.97. The first-order valence-corrected chi connectivity index (χ1v) is 6.37. The summed E-state index contributed by atoms with van der Waals surface area (Å²) in [5.41, 5.74) is 1.14. The Morgan fingerprint density at radius 1 is 1.41 bits per heavy atom. The molecule has 0 aromatic carbocycles. The highest BCUT2D eigenvalue weighted by molar-refractivity contribution is 5.07. The lowest BCUT2D eigenvalue weighted by atomic mass is 10.0. The van der Waals surface area contributed by atoms with Gasteiger partial charge in [-0.25, -0.2) is 9.97 Å². The lowest BCUT2D eigenvalue weighted by Gasteiger charge is -2.20.